The van der Waals surface area contributed by atoms with Gasteiger partial charge in [-0.3, -0.25) is 0 Å². The first-order valence-electron chi connectivity index (χ1n) is 12.6. The SMILES string of the molecule is C=CCCCCCOc1ccc(-c2ccc(C(=O)Oc3ccc(OCCCCC)cc3)cc2)cc1. The van der Waals surface area contributed by atoms with E-state index >= 15 is 0 Å². The molecule has 0 amide bonds. The highest BCUT2D eigenvalue weighted by Gasteiger charge is 2.09. The van der Waals surface area contributed by atoms with Gasteiger partial charge >= 0.3 is 5.97 Å². The fourth-order valence-corrected chi connectivity index (χ4v) is 3.61. The largest absolute Gasteiger partial charge is 0.494 e. The predicted molar refractivity (Wildman–Crippen MR) is 142 cm³/mol. The Labute approximate surface area is 209 Å². The van der Waals surface area contributed by atoms with Crippen LogP contribution in [0.3, 0.4) is 0 Å². The molecule has 0 saturated heterocycles. The zero-order chi connectivity index (χ0) is 24.7. The zero-order valence-electron chi connectivity index (χ0n) is 20.7. The number of allylic oxidation sites excluding steroid dienone is 1. The van der Waals surface area contributed by atoms with Crippen LogP contribution in [0.25, 0.3) is 11.1 Å². The monoisotopic (exact) mass is 472 g/mol. The summed E-state index contributed by atoms with van der Waals surface area (Å²) in [7, 11) is 0. The van der Waals surface area contributed by atoms with Gasteiger partial charge < -0.3 is 14.2 Å². The lowest BCUT2D eigenvalue weighted by atomic mass is 10.0. The summed E-state index contributed by atoms with van der Waals surface area (Å²) in [6.07, 6.45) is 9.74. The summed E-state index contributed by atoms with van der Waals surface area (Å²) >= 11 is 0. The normalized spacial score (nSPS) is 10.5. The molecule has 0 atom stereocenters. The molecule has 0 unspecified atom stereocenters. The molecule has 0 aliphatic heterocycles. The predicted octanol–water partition coefficient (Wildman–Crippen LogP) is 8.27. The molecule has 0 N–H and O–H groups in total. The van der Waals surface area contributed by atoms with E-state index in [2.05, 4.69) is 13.5 Å². The molecule has 0 spiro atoms. The molecule has 0 bridgehead atoms. The standard InChI is InChI=1S/C31H36O4/c1-3-5-7-8-10-24-34-28-17-15-26(16-18-28)25-11-13-27(14-12-25)31(32)35-30-21-19-29(20-22-30)33-23-9-6-4-2/h3,11-22H,1,4-10,23-24H2,2H3. The highest BCUT2D eigenvalue weighted by molar-refractivity contribution is 5.91. The molecule has 4 nitrogen and oxygen atoms in total. The van der Waals surface area contributed by atoms with E-state index in [4.69, 9.17) is 14.2 Å². The summed E-state index contributed by atoms with van der Waals surface area (Å²) in [5.41, 5.74) is 2.60. The maximum Gasteiger partial charge on any atom is 0.343 e. The van der Waals surface area contributed by atoms with Gasteiger partial charge in [-0.2, -0.15) is 0 Å². The van der Waals surface area contributed by atoms with E-state index in [1.807, 2.05) is 54.6 Å². The van der Waals surface area contributed by atoms with Crippen molar-refractivity contribution in [3.05, 3.63) is 91.0 Å². The van der Waals surface area contributed by atoms with Gasteiger partial charge in [0.25, 0.3) is 0 Å². The van der Waals surface area contributed by atoms with Crippen molar-refractivity contribution in [3.8, 4) is 28.4 Å². The van der Waals surface area contributed by atoms with Crippen LogP contribution in [0.15, 0.2) is 85.5 Å². The van der Waals surface area contributed by atoms with Gasteiger partial charge in [-0.1, -0.05) is 50.1 Å². The Bertz CT molecular complexity index is 1020. The fourth-order valence-electron chi connectivity index (χ4n) is 3.61. The molecule has 0 aliphatic rings. The Balaban J connectivity index is 1.47. The first kappa shape index (κ1) is 26.1. The van der Waals surface area contributed by atoms with Gasteiger partial charge in [0.2, 0.25) is 0 Å². The molecule has 0 aliphatic carbocycles. The number of carbonyl (C=O) groups excluding carboxylic acids is 1. The summed E-state index contributed by atoms with van der Waals surface area (Å²) in [5.74, 6) is 1.77. The minimum absolute atomic E-state index is 0.384. The Kier molecular flexibility index (Phi) is 10.9. The van der Waals surface area contributed by atoms with E-state index in [1.54, 1.807) is 24.3 Å². The van der Waals surface area contributed by atoms with Crippen LogP contribution in [-0.4, -0.2) is 19.2 Å². The van der Waals surface area contributed by atoms with Crippen LogP contribution in [-0.2, 0) is 0 Å². The number of hydrogen-bond acceptors (Lipinski definition) is 4. The highest BCUT2D eigenvalue weighted by Crippen LogP contribution is 2.24. The van der Waals surface area contributed by atoms with Crippen LogP contribution in [0.4, 0.5) is 0 Å². The Morgan fingerprint density at radius 3 is 1.77 bits per heavy atom. The second-order valence-corrected chi connectivity index (χ2v) is 8.50. The molecule has 4 heteroatoms. The van der Waals surface area contributed by atoms with E-state index < -0.39 is 0 Å². The highest BCUT2D eigenvalue weighted by atomic mass is 16.5. The van der Waals surface area contributed by atoms with Crippen molar-refractivity contribution >= 4 is 5.97 Å². The summed E-state index contributed by atoms with van der Waals surface area (Å²) in [4.78, 5) is 12.5. The summed E-state index contributed by atoms with van der Waals surface area (Å²) in [6, 6.07) is 22.6. The maximum absolute atomic E-state index is 12.5. The fraction of sp³-hybridized carbons (Fsp3) is 0.323. The number of esters is 1. The maximum atomic E-state index is 12.5. The van der Waals surface area contributed by atoms with Crippen LogP contribution in [0, 0.1) is 0 Å². The Morgan fingerprint density at radius 2 is 1.20 bits per heavy atom. The Hall–Kier alpha value is -3.53. The van der Waals surface area contributed by atoms with Gasteiger partial charge in [-0.25, -0.2) is 4.79 Å². The van der Waals surface area contributed by atoms with E-state index in [0.717, 1.165) is 74.2 Å². The van der Waals surface area contributed by atoms with Crippen molar-refractivity contribution in [2.24, 2.45) is 0 Å². The van der Waals surface area contributed by atoms with Crippen molar-refractivity contribution in [3.63, 3.8) is 0 Å². The van der Waals surface area contributed by atoms with Crippen LogP contribution in [0.2, 0.25) is 0 Å². The molecule has 0 aromatic heterocycles. The number of hydrogen-bond donors (Lipinski definition) is 0. The third kappa shape index (κ3) is 8.97. The van der Waals surface area contributed by atoms with E-state index in [1.165, 1.54) is 0 Å². The molecule has 3 aromatic rings. The summed E-state index contributed by atoms with van der Waals surface area (Å²) in [6.45, 7) is 7.34. The average molecular weight is 473 g/mol. The average Bonchev–Trinajstić information content (AvgIpc) is 2.90. The summed E-state index contributed by atoms with van der Waals surface area (Å²) in [5, 5.41) is 0. The van der Waals surface area contributed by atoms with Crippen molar-refractivity contribution in [2.45, 2.75) is 51.9 Å². The first-order valence-corrected chi connectivity index (χ1v) is 12.6. The third-order valence-corrected chi connectivity index (χ3v) is 5.68. The zero-order valence-corrected chi connectivity index (χ0v) is 20.7. The molecule has 0 saturated carbocycles. The van der Waals surface area contributed by atoms with Gasteiger partial charge in [0.15, 0.2) is 0 Å². The molecular formula is C31H36O4. The molecular weight excluding hydrogens is 436 g/mol. The van der Waals surface area contributed by atoms with E-state index in [0.29, 0.717) is 17.9 Å². The lowest BCUT2D eigenvalue weighted by Crippen LogP contribution is -2.08. The molecule has 3 aromatic carbocycles. The van der Waals surface area contributed by atoms with Gasteiger partial charge in [-0.15, -0.1) is 6.58 Å². The van der Waals surface area contributed by atoms with Gasteiger partial charge in [0.05, 0.1) is 18.8 Å². The van der Waals surface area contributed by atoms with E-state index in [9.17, 15) is 4.79 Å². The third-order valence-electron chi connectivity index (χ3n) is 5.68. The topological polar surface area (TPSA) is 44.8 Å². The minimum atomic E-state index is -0.384. The molecule has 0 radical (unpaired) electrons. The number of rotatable bonds is 15. The number of carbonyl (C=O) groups is 1. The van der Waals surface area contributed by atoms with Crippen LogP contribution in [0.1, 0.15) is 62.2 Å². The molecule has 184 valence electrons. The number of ether oxygens (including phenoxy) is 3. The molecule has 35 heavy (non-hydrogen) atoms. The second kappa shape index (κ2) is 14.7. The molecule has 0 heterocycles. The van der Waals surface area contributed by atoms with Crippen LogP contribution in [0.5, 0.6) is 17.2 Å². The smallest absolute Gasteiger partial charge is 0.343 e. The molecule has 3 rings (SSSR count). The van der Waals surface area contributed by atoms with E-state index in [-0.39, 0.29) is 5.97 Å². The van der Waals surface area contributed by atoms with Crippen molar-refractivity contribution in [1.29, 1.82) is 0 Å². The quantitative estimate of drug-likeness (QED) is 0.0966. The van der Waals surface area contributed by atoms with Crippen LogP contribution >= 0.6 is 0 Å². The van der Waals surface area contributed by atoms with Crippen molar-refractivity contribution in [2.75, 3.05) is 13.2 Å². The lowest BCUT2D eigenvalue weighted by Gasteiger charge is -2.09. The minimum Gasteiger partial charge on any atom is -0.494 e. The Morgan fingerprint density at radius 1 is 0.686 bits per heavy atom. The van der Waals surface area contributed by atoms with Crippen molar-refractivity contribution in [1.82, 2.24) is 0 Å². The lowest BCUT2D eigenvalue weighted by molar-refractivity contribution is 0.0734. The number of unbranched alkanes of at least 4 members (excludes halogenated alkanes) is 5. The first-order chi connectivity index (χ1) is 17.2. The second-order valence-electron chi connectivity index (χ2n) is 8.50. The van der Waals surface area contributed by atoms with Gasteiger partial charge in [-0.05, 0) is 91.8 Å². The summed E-state index contributed by atoms with van der Waals surface area (Å²) < 4.78 is 17.0. The van der Waals surface area contributed by atoms with Gasteiger partial charge in [0, 0.05) is 0 Å². The van der Waals surface area contributed by atoms with Crippen LogP contribution < -0.4 is 14.2 Å². The van der Waals surface area contributed by atoms with Crippen molar-refractivity contribution < 1.29 is 19.0 Å². The van der Waals surface area contributed by atoms with Gasteiger partial charge in [0.1, 0.15) is 17.2 Å². The molecule has 0 fully saturated rings. The number of benzene rings is 3.